The average Bonchev–Trinajstić information content (AvgIpc) is 3.24. The second-order valence-electron chi connectivity index (χ2n) is 6.86. The molecule has 0 radical (unpaired) electrons. The molecule has 1 atom stereocenters. The van der Waals surface area contributed by atoms with Crippen LogP contribution in [-0.4, -0.2) is 44.1 Å². The number of thiophene rings is 1. The number of ketones is 1. The van der Waals surface area contributed by atoms with E-state index in [1.807, 2.05) is 0 Å². The minimum Gasteiger partial charge on any atom is -0.341 e. The summed E-state index contributed by atoms with van der Waals surface area (Å²) in [6.07, 6.45) is 0.593. The zero-order valence-electron chi connectivity index (χ0n) is 15.6. The largest absolute Gasteiger partial charge is 0.341 e. The van der Waals surface area contributed by atoms with Crippen LogP contribution in [0.5, 0.6) is 0 Å². The van der Waals surface area contributed by atoms with Gasteiger partial charge >= 0.3 is 0 Å². The molecule has 0 spiro atoms. The highest BCUT2D eigenvalue weighted by Gasteiger charge is 2.32. The molecule has 1 fully saturated rings. The molecule has 1 unspecified atom stereocenters. The van der Waals surface area contributed by atoms with Crippen LogP contribution in [0.25, 0.3) is 0 Å². The Balaban J connectivity index is 1.59. The number of nitrogens with zero attached hydrogens (tertiary/aromatic N) is 1. The number of likely N-dealkylation sites (tertiary alicyclic amines) is 1. The molecule has 2 heterocycles. The van der Waals surface area contributed by atoms with Gasteiger partial charge in [-0.15, -0.1) is 11.3 Å². The van der Waals surface area contributed by atoms with E-state index in [2.05, 4.69) is 4.72 Å². The third-order valence-corrected chi connectivity index (χ3v) is 7.77. The maximum absolute atomic E-state index is 13.8. The van der Waals surface area contributed by atoms with Crippen molar-refractivity contribution in [1.82, 2.24) is 9.62 Å². The molecular formula is C19H20F2N2O4S2. The number of nitrogens with one attached hydrogen (secondary N) is 1. The van der Waals surface area contributed by atoms with Crippen molar-refractivity contribution in [3.8, 4) is 0 Å². The Morgan fingerprint density at radius 1 is 1.21 bits per heavy atom. The lowest BCUT2D eigenvalue weighted by Crippen LogP contribution is -2.49. The van der Waals surface area contributed by atoms with Crippen molar-refractivity contribution in [3.05, 3.63) is 52.9 Å². The monoisotopic (exact) mass is 442 g/mol. The van der Waals surface area contributed by atoms with Gasteiger partial charge in [-0.25, -0.2) is 17.2 Å². The van der Waals surface area contributed by atoms with Crippen LogP contribution in [0.2, 0.25) is 0 Å². The fourth-order valence-corrected chi connectivity index (χ4v) is 5.51. The molecular weight excluding hydrogens is 422 g/mol. The standard InChI is InChI=1S/C19H20F2N2O4S2/c1-12(22-29(26,27)17-3-2-10-28-17)19(25)23-8-6-13(7-9-23)18(24)15-11-14(20)4-5-16(15)21/h2-5,10-13,22H,6-9H2,1H3. The number of carbonyl (C=O) groups is 2. The lowest BCUT2D eigenvalue weighted by atomic mass is 9.88. The van der Waals surface area contributed by atoms with E-state index >= 15 is 0 Å². The Morgan fingerprint density at radius 3 is 2.52 bits per heavy atom. The highest BCUT2D eigenvalue weighted by atomic mass is 32.2. The lowest BCUT2D eigenvalue weighted by molar-refractivity contribution is -0.133. The summed E-state index contributed by atoms with van der Waals surface area (Å²) in [6, 6.07) is 4.85. The summed E-state index contributed by atoms with van der Waals surface area (Å²) >= 11 is 1.05. The number of amides is 1. The van der Waals surface area contributed by atoms with E-state index in [9.17, 15) is 26.8 Å². The summed E-state index contributed by atoms with van der Waals surface area (Å²) in [7, 11) is -3.78. The van der Waals surface area contributed by atoms with Gasteiger partial charge in [0.1, 0.15) is 15.8 Å². The van der Waals surface area contributed by atoms with Gasteiger partial charge in [-0.2, -0.15) is 4.72 Å². The minimum absolute atomic E-state index is 0.124. The number of halogens is 2. The van der Waals surface area contributed by atoms with Gasteiger partial charge in [0.15, 0.2) is 5.78 Å². The molecule has 0 bridgehead atoms. The Bertz CT molecular complexity index is 1000. The van der Waals surface area contributed by atoms with Crippen LogP contribution in [0.15, 0.2) is 39.9 Å². The Labute approximate surface area is 171 Å². The number of benzene rings is 1. The third kappa shape index (κ3) is 4.88. The van der Waals surface area contributed by atoms with Gasteiger partial charge in [-0.05, 0) is 49.4 Å². The van der Waals surface area contributed by atoms with Crippen LogP contribution in [0.1, 0.15) is 30.1 Å². The van der Waals surface area contributed by atoms with Gasteiger partial charge in [-0.3, -0.25) is 9.59 Å². The van der Waals surface area contributed by atoms with Gasteiger partial charge in [0.25, 0.3) is 10.0 Å². The second kappa shape index (κ2) is 8.68. The predicted octanol–water partition coefficient (Wildman–Crippen LogP) is 2.81. The highest BCUT2D eigenvalue weighted by Crippen LogP contribution is 2.24. The van der Waals surface area contributed by atoms with E-state index in [1.54, 1.807) is 11.4 Å². The van der Waals surface area contributed by atoms with Gasteiger partial charge in [-0.1, -0.05) is 6.07 Å². The van der Waals surface area contributed by atoms with Crippen LogP contribution in [0, 0.1) is 17.6 Å². The second-order valence-corrected chi connectivity index (χ2v) is 9.75. The van der Waals surface area contributed by atoms with Gasteiger partial charge in [0.05, 0.1) is 11.6 Å². The summed E-state index contributed by atoms with van der Waals surface area (Å²) < 4.78 is 54.2. The normalized spacial score (nSPS) is 16.6. The quantitative estimate of drug-likeness (QED) is 0.698. The third-order valence-electron chi connectivity index (χ3n) is 4.83. The number of sulfonamides is 1. The van der Waals surface area contributed by atoms with Crippen LogP contribution in [0.4, 0.5) is 8.78 Å². The highest BCUT2D eigenvalue weighted by molar-refractivity contribution is 7.91. The summed E-state index contributed by atoms with van der Waals surface area (Å²) in [5.74, 6) is -2.86. The molecule has 1 aromatic heterocycles. The van der Waals surface area contributed by atoms with Crippen molar-refractivity contribution in [2.24, 2.45) is 5.92 Å². The molecule has 1 aromatic carbocycles. The van der Waals surface area contributed by atoms with E-state index < -0.39 is 45.3 Å². The summed E-state index contributed by atoms with van der Waals surface area (Å²) in [5.41, 5.74) is -0.285. The molecule has 29 heavy (non-hydrogen) atoms. The number of carbonyl (C=O) groups excluding carboxylic acids is 2. The number of piperidine rings is 1. The molecule has 0 aliphatic carbocycles. The van der Waals surface area contributed by atoms with E-state index in [1.165, 1.54) is 17.9 Å². The van der Waals surface area contributed by atoms with Crippen molar-refractivity contribution >= 4 is 33.1 Å². The van der Waals surface area contributed by atoms with Crippen LogP contribution >= 0.6 is 11.3 Å². The van der Waals surface area contributed by atoms with Gasteiger partial charge in [0.2, 0.25) is 5.91 Å². The average molecular weight is 443 g/mol. The molecule has 1 saturated heterocycles. The van der Waals surface area contributed by atoms with Crippen molar-refractivity contribution in [2.45, 2.75) is 30.0 Å². The fraction of sp³-hybridized carbons (Fsp3) is 0.368. The first-order valence-corrected chi connectivity index (χ1v) is 11.4. The maximum atomic E-state index is 13.8. The fourth-order valence-electron chi connectivity index (χ4n) is 3.30. The topological polar surface area (TPSA) is 83.6 Å². The molecule has 1 aliphatic heterocycles. The maximum Gasteiger partial charge on any atom is 0.250 e. The van der Waals surface area contributed by atoms with Crippen molar-refractivity contribution in [1.29, 1.82) is 0 Å². The van der Waals surface area contributed by atoms with Crippen LogP contribution in [-0.2, 0) is 14.8 Å². The molecule has 10 heteroatoms. The first-order valence-electron chi connectivity index (χ1n) is 9.03. The molecule has 1 amide bonds. The van der Waals surface area contributed by atoms with Crippen molar-refractivity contribution < 1.29 is 26.8 Å². The summed E-state index contributed by atoms with van der Waals surface area (Å²) in [4.78, 5) is 26.6. The molecule has 1 N–H and O–H groups in total. The summed E-state index contributed by atoms with van der Waals surface area (Å²) in [5, 5.41) is 1.63. The zero-order chi connectivity index (χ0) is 21.2. The summed E-state index contributed by atoms with van der Waals surface area (Å²) in [6.45, 7) is 1.93. The minimum atomic E-state index is -3.78. The molecule has 156 valence electrons. The SMILES string of the molecule is CC(NS(=O)(=O)c1cccs1)C(=O)N1CCC(C(=O)c2cc(F)ccc2F)CC1. The molecule has 0 saturated carbocycles. The van der Waals surface area contributed by atoms with Crippen LogP contribution in [0.3, 0.4) is 0 Å². The molecule has 2 aromatic rings. The Hall–Kier alpha value is -2.17. The van der Waals surface area contributed by atoms with Crippen LogP contribution < -0.4 is 4.72 Å². The first kappa shape index (κ1) is 21.5. The van der Waals surface area contributed by atoms with E-state index in [4.69, 9.17) is 0 Å². The molecule has 1 aliphatic rings. The number of hydrogen-bond acceptors (Lipinski definition) is 5. The lowest BCUT2D eigenvalue weighted by Gasteiger charge is -2.33. The predicted molar refractivity (Wildman–Crippen MR) is 104 cm³/mol. The molecule has 3 rings (SSSR count). The smallest absolute Gasteiger partial charge is 0.250 e. The van der Waals surface area contributed by atoms with Crippen molar-refractivity contribution in [3.63, 3.8) is 0 Å². The van der Waals surface area contributed by atoms with Gasteiger partial charge < -0.3 is 4.90 Å². The number of hydrogen-bond donors (Lipinski definition) is 1. The van der Waals surface area contributed by atoms with E-state index in [0.717, 1.165) is 29.5 Å². The first-order chi connectivity index (χ1) is 13.7. The van der Waals surface area contributed by atoms with E-state index in [0.29, 0.717) is 12.8 Å². The molecule has 6 nitrogen and oxygen atoms in total. The number of rotatable bonds is 6. The van der Waals surface area contributed by atoms with Crippen molar-refractivity contribution in [2.75, 3.05) is 13.1 Å². The zero-order valence-corrected chi connectivity index (χ0v) is 17.2. The van der Waals surface area contributed by atoms with E-state index in [-0.39, 0.29) is 22.9 Å². The Morgan fingerprint density at radius 2 is 1.90 bits per heavy atom. The number of Topliss-reactive ketones (excluding diaryl/α,β-unsaturated/α-hetero) is 1. The Kier molecular flexibility index (Phi) is 6.45. The van der Waals surface area contributed by atoms with Gasteiger partial charge in [0, 0.05) is 19.0 Å².